The lowest BCUT2D eigenvalue weighted by atomic mass is 9.80. The summed E-state index contributed by atoms with van der Waals surface area (Å²) in [5.74, 6) is 0.0143. The minimum atomic E-state index is 0.0143. The van der Waals surface area contributed by atoms with Crippen molar-refractivity contribution in [3.8, 4) is 0 Å². The number of nitrogens with zero attached hydrogens (tertiary/aromatic N) is 3. The summed E-state index contributed by atoms with van der Waals surface area (Å²) >= 11 is 0. The van der Waals surface area contributed by atoms with Gasteiger partial charge in [0, 0.05) is 26.2 Å². The number of likely N-dealkylation sites (tertiary alicyclic amines) is 1. The number of carbonyl (C=O) groups is 1. The van der Waals surface area contributed by atoms with E-state index in [1.54, 1.807) is 4.68 Å². The van der Waals surface area contributed by atoms with Crippen LogP contribution in [0.5, 0.6) is 0 Å². The summed E-state index contributed by atoms with van der Waals surface area (Å²) in [6.45, 7) is 10.3. The molecular formula is C15H27N5O. The van der Waals surface area contributed by atoms with Crippen molar-refractivity contribution < 1.29 is 4.79 Å². The average Bonchev–Trinajstić information content (AvgIpc) is 2.60. The summed E-state index contributed by atoms with van der Waals surface area (Å²) in [5.41, 5.74) is 8.84. The summed E-state index contributed by atoms with van der Waals surface area (Å²) in [6, 6.07) is 0.208. The van der Waals surface area contributed by atoms with Crippen LogP contribution in [0, 0.1) is 19.3 Å². The number of hydrogen-bond donors (Lipinski definition) is 2. The maximum Gasteiger partial charge on any atom is 0.238 e. The molecule has 2 heterocycles. The Bertz CT molecular complexity index is 534. The number of nitrogens with one attached hydrogen (secondary N) is 1. The number of rotatable bonds is 3. The Kier molecular flexibility index (Phi) is 4.39. The van der Waals surface area contributed by atoms with Gasteiger partial charge in [0.25, 0.3) is 0 Å². The van der Waals surface area contributed by atoms with E-state index in [0.717, 1.165) is 36.6 Å². The SMILES string of the molecule is Cc1nn(C)c(C)c1NC(=O)CN1CCC(N)C(C)(C)C1. The number of anilines is 1. The van der Waals surface area contributed by atoms with E-state index in [2.05, 4.69) is 29.2 Å². The summed E-state index contributed by atoms with van der Waals surface area (Å²) in [7, 11) is 1.88. The molecule has 1 atom stereocenters. The molecule has 0 aliphatic carbocycles. The van der Waals surface area contributed by atoms with Crippen molar-refractivity contribution >= 4 is 11.6 Å². The van der Waals surface area contributed by atoms with E-state index in [1.165, 1.54) is 0 Å². The number of nitrogens with two attached hydrogens (primary N) is 1. The molecule has 1 aromatic rings. The van der Waals surface area contributed by atoms with Crippen LogP contribution in [0.4, 0.5) is 5.69 Å². The first kappa shape index (κ1) is 16.0. The van der Waals surface area contributed by atoms with Crippen LogP contribution in [0.3, 0.4) is 0 Å². The van der Waals surface area contributed by atoms with Crippen LogP contribution in [0.15, 0.2) is 0 Å². The van der Waals surface area contributed by atoms with Crippen molar-refractivity contribution in [2.24, 2.45) is 18.2 Å². The minimum Gasteiger partial charge on any atom is -0.327 e. The summed E-state index contributed by atoms with van der Waals surface area (Å²) in [4.78, 5) is 14.4. The Balaban J connectivity index is 1.96. The molecule has 1 fully saturated rings. The molecule has 0 spiro atoms. The van der Waals surface area contributed by atoms with Gasteiger partial charge in [0.1, 0.15) is 0 Å². The molecule has 6 nitrogen and oxygen atoms in total. The molecule has 118 valence electrons. The minimum absolute atomic E-state index is 0.0143. The highest BCUT2D eigenvalue weighted by Crippen LogP contribution is 2.27. The van der Waals surface area contributed by atoms with Crippen molar-refractivity contribution in [2.45, 2.75) is 40.2 Å². The standard InChI is InChI=1S/C15H27N5O/c1-10-14(11(2)19(5)18-10)17-13(21)8-20-7-6-12(16)15(3,4)9-20/h12H,6-9,16H2,1-5H3,(H,17,21). The van der Waals surface area contributed by atoms with Crippen LogP contribution in [0.1, 0.15) is 31.7 Å². The van der Waals surface area contributed by atoms with Crippen molar-refractivity contribution in [3.63, 3.8) is 0 Å². The van der Waals surface area contributed by atoms with Gasteiger partial charge in [-0.05, 0) is 25.7 Å². The van der Waals surface area contributed by atoms with E-state index >= 15 is 0 Å². The third-order valence-corrected chi connectivity index (χ3v) is 4.53. The zero-order valence-corrected chi connectivity index (χ0v) is 13.7. The van der Waals surface area contributed by atoms with Gasteiger partial charge in [-0.3, -0.25) is 14.4 Å². The molecular weight excluding hydrogens is 266 g/mol. The highest BCUT2D eigenvalue weighted by molar-refractivity contribution is 5.93. The quantitative estimate of drug-likeness (QED) is 0.873. The molecule has 1 aromatic heterocycles. The predicted molar refractivity (Wildman–Crippen MR) is 84.1 cm³/mol. The topological polar surface area (TPSA) is 76.2 Å². The van der Waals surface area contributed by atoms with Gasteiger partial charge >= 0.3 is 0 Å². The Morgan fingerprint density at radius 3 is 2.67 bits per heavy atom. The second kappa shape index (κ2) is 5.77. The van der Waals surface area contributed by atoms with Crippen LogP contribution >= 0.6 is 0 Å². The van der Waals surface area contributed by atoms with Crippen molar-refractivity contribution in [3.05, 3.63) is 11.4 Å². The van der Waals surface area contributed by atoms with Crippen molar-refractivity contribution in [1.29, 1.82) is 0 Å². The maximum absolute atomic E-state index is 12.3. The second-order valence-electron chi connectivity index (χ2n) is 6.81. The van der Waals surface area contributed by atoms with Gasteiger partial charge in [0.2, 0.25) is 5.91 Å². The highest BCUT2D eigenvalue weighted by atomic mass is 16.2. The number of amides is 1. The van der Waals surface area contributed by atoms with Crippen molar-refractivity contribution in [1.82, 2.24) is 14.7 Å². The van der Waals surface area contributed by atoms with E-state index in [-0.39, 0.29) is 17.4 Å². The number of piperidine rings is 1. The normalized spacial score (nSPS) is 22.3. The Hall–Kier alpha value is -1.40. The largest absolute Gasteiger partial charge is 0.327 e. The molecule has 3 N–H and O–H groups in total. The third kappa shape index (κ3) is 3.44. The molecule has 1 saturated heterocycles. The lowest BCUT2D eigenvalue weighted by Gasteiger charge is -2.42. The van der Waals surface area contributed by atoms with Gasteiger partial charge in [-0.1, -0.05) is 13.8 Å². The fourth-order valence-corrected chi connectivity index (χ4v) is 2.96. The Morgan fingerprint density at radius 1 is 1.48 bits per heavy atom. The highest BCUT2D eigenvalue weighted by Gasteiger charge is 2.33. The van der Waals surface area contributed by atoms with Crippen LogP contribution < -0.4 is 11.1 Å². The molecule has 1 aliphatic rings. The molecule has 0 bridgehead atoms. The van der Waals surface area contributed by atoms with E-state index in [1.807, 2.05) is 20.9 Å². The van der Waals surface area contributed by atoms with Gasteiger partial charge < -0.3 is 11.1 Å². The second-order valence-corrected chi connectivity index (χ2v) is 6.81. The molecule has 2 rings (SSSR count). The van der Waals surface area contributed by atoms with E-state index < -0.39 is 0 Å². The summed E-state index contributed by atoms with van der Waals surface area (Å²) in [5, 5.41) is 7.31. The smallest absolute Gasteiger partial charge is 0.238 e. The molecule has 6 heteroatoms. The molecule has 1 aliphatic heterocycles. The number of aromatic nitrogens is 2. The zero-order valence-electron chi connectivity index (χ0n) is 13.7. The first-order chi connectivity index (χ1) is 9.70. The van der Waals surface area contributed by atoms with Gasteiger partial charge in [-0.15, -0.1) is 0 Å². The molecule has 0 aromatic carbocycles. The third-order valence-electron chi connectivity index (χ3n) is 4.53. The van der Waals surface area contributed by atoms with Crippen LogP contribution in [0.2, 0.25) is 0 Å². The number of hydrogen-bond acceptors (Lipinski definition) is 4. The van der Waals surface area contributed by atoms with E-state index in [9.17, 15) is 4.79 Å². The first-order valence-electron chi connectivity index (χ1n) is 7.48. The molecule has 21 heavy (non-hydrogen) atoms. The monoisotopic (exact) mass is 293 g/mol. The van der Waals surface area contributed by atoms with Crippen molar-refractivity contribution in [2.75, 3.05) is 25.0 Å². The molecule has 1 unspecified atom stereocenters. The number of aryl methyl sites for hydroxylation is 2. The summed E-state index contributed by atoms with van der Waals surface area (Å²) < 4.78 is 1.79. The van der Waals surface area contributed by atoms with Crippen LogP contribution in [0.25, 0.3) is 0 Å². The Morgan fingerprint density at radius 2 is 2.14 bits per heavy atom. The fourth-order valence-electron chi connectivity index (χ4n) is 2.96. The predicted octanol–water partition coefficient (Wildman–Crippen LogP) is 1.03. The molecule has 0 saturated carbocycles. The van der Waals surface area contributed by atoms with Crippen LogP contribution in [-0.4, -0.2) is 46.3 Å². The molecule has 0 radical (unpaired) electrons. The average molecular weight is 293 g/mol. The lowest BCUT2D eigenvalue weighted by Crippen LogP contribution is -2.53. The van der Waals surface area contributed by atoms with Gasteiger partial charge in [0.05, 0.1) is 23.6 Å². The fraction of sp³-hybridized carbons (Fsp3) is 0.733. The van der Waals surface area contributed by atoms with E-state index in [0.29, 0.717) is 6.54 Å². The van der Waals surface area contributed by atoms with E-state index in [4.69, 9.17) is 5.73 Å². The summed E-state index contributed by atoms with van der Waals surface area (Å²) in [6.07, 6.45) is 0.936. The number of carbonyl (C=O) groups excluding carboxylic acids is 1. The molecule has 1 amide bonds. The maximum atomic E-state index is 12.3. The Labute approximate surface area is 126 Å². The zero-order chi connectivity index (χ0) is 15.8. The lowest BCUT2D eigenvalue weighted by molar-refractivity contribution is -0.118. The van der Waals surface area contributed by atoms with Gasteiger partial charge in [0.15, 0.2) is 0 Å². The van der Waals surface area contributed by atoms with Gasteiger partial charge in [-0.25, -0.2) is 0 Å². The first-order valence-corrected chi connectivity index (χ1v) is 7.48. The van der Waals surface area contributed by atoms with Gasteiger partial charge in [-0.2, -0.15) is 5.10 Å². The van der Waals surface area contributed by atoms with Crippen LogP contribution in [-0.2, 0) is 11.8 Å².